The van der Waals surface area contributed by atoms with Gasteiger partial charge in [0.1, 0.15) is 34.9 Å². The van der Waals surface area contributed by atoms with E-state index in [0.717, 1.165) is 0 Å². The average Bonchev–Trinajstić information content (AvgIpc) is 3.70. The van der Waals surface area contributed by atoms with Crippen molar-refractivity contribution in [1.29, 1.82) is 10.5 Å². The van der Waals surface area contributed by atoms with Crippen molar-refractivity contribution in [2.75, 3.05) is 26.3 Å². The number of nitrogens with zero attached hydrogens (tertiary/aromatic N) is 4. The number of hydrogen-bond acceptors (Lipinski definition) is 13. The Morgan fingerprint density at radius 2 is 1.25 bits per heavy atom. The number of hydrogen-bond donors (Lipinski definition) is 1. The molecular weight excluding hydrogens is 718 g/mol. The third kappa shape index (κ3) is 7.63. The predicted octanol–water partition coefficient (Wildman–Crippen LogP) is 4.17. The molecule has 2 aromatic rings. The summed E-state index contributed by atoms with van der Waals surface area (Å²) in [5.41, 5.74) is -1.14. The van der Waals surface area contributed by atoms with Crippen molar-refractivity contribution < 1.29 is 56.1 Å². The van der Waals surface area contributed by atoms with E-state index >= 15 is 0 Å². The first-order valence-electron chi connectivity index (χ1n) is 16.8. The maximum absolute atomic E-state index is 13.4. The fourth-order valence-electron chi connectivity index (χ4n) is 7.26. The number of carbonyl (C=O) groups is 2. The number of benzene rings is 2. The van der Waals surface area contributed by atoms with Crippen LogP contribution in [0.4, 0.5) is 0 Å². The first kappa shape index (κ1) is 37.9. The van der Waals surface area contributed by atoms with Crippen LogP contribution in [0.5, 0.6) is 11.5 Å². The summed E-state index contributed by atoms with van der Waals surface area (Å²) < 4.78 is 60.3. The molecule has 4 heterocycles. The maximum Gasteiger partial charge on any atom is 0.472 e. The Bertz CT molecular complexity index is 1800. The van der Waals surface area contributed by atoms with Crippen molar-refractivity contribution in [3.05, 3.63) is 58.7 Å². The van der Waals surface area contributed by atoms with Crippen molar-refractivity contribution in [2.45, 2.75) is 88.9 Å². The number of phosphoric ester groups is 2. The van der Waals surface area contributed by atoms with E-state index in [9.17, 15) is 39.0 Å². The Morgan fingerprint density at radius 1 is 0.808 bits per heavy atom. The van der Waals surface area contributed by atoms with Gasteiger partial charge in [0.15, 0.2) is 0 Å². The van der Waals surface area contributed by atoms with Crippen LogP contribution in [-0.4, -0.2) is 76.2 Å². The van der Waals surface area contributed by atoms with E-state index < -0.39 is 64.4 Å². The minimum Gasteiger partial charge on any atom is -0.756 e. The quantitative estimate of drug-likeness (QED) is 0.251. The highest BCUT2D eigenvalue weighted by molar-refractivity contribution is 7.47. The lowest BCUT2D eigenvalue weighted by atomic mass is 9.85. The van der Waals surface area contributed by atoms with E-state index in [0.29, 0.717) is 54.1 Å². The van der Waals surface area contributed by atoms with Crippen LogP contribution in [0.25, 0.3) is 0 Å². The van der Waals surface area contributed by atoms with Crippen molar-refractivity contribution in [3.63, 3.8) is 0 Å². The van der Waals surface area contributed by atoms with E-state index in [1.165, 1.54) is 15.9 Å². The molecule has 2 fully saturated rings. The third-order valence-electron chi connectivity index (χ3n) is 9.57. The number of nitriles is 2. The molecule has 0 aliphatic carbocycles. The monoisotopic (exact) mass is 757 g/mol. The first-order valence-corrected chi connectivity index (χ1v) is 19.8. The van der Waals surface area contributed by atoms with Gasteiger partial charge in [-0.15, -0.1) is 0 Å². The first-order chi connectivity index (χ1) is 24.4. The van der Waals surface area contributed by atoms with Gasteiger partial charge in [-0.1, -0.05) is 0 Å². The molecule has 4 aliphatic rings. The molecule has 0 spiro atoms. The second kappa shape index (κ2) is 14.2. The van der Waals surface area contributed by atoms with Gasteiger partial charge in [0.2, 0.25) is 11.8 Å². The van der Waals surface area contributed by atoms with Gasteiger partial charge in [0, 0.05) is 37.1 Å². The Hall–Kier alpha value is -3.82. The molecule has 4 aliphatic heterocycles. The highest BCUT2D eigenvalue weighted by Gasteiger charge is 2.53. The molecule has 2 aromatic carbocycles. The molecule has 0 bridgehead atoms. The molecule has 1 N–H and O–H groups in total. The summed E-state index contributed by atoms with van der Waals surface area (Å²) in [5, 5.41) is 19.0. The maximum atomic E-state index is 13.4. The summed E-state index contributed by atoms with van der Waals surface area (Å²) in [6.45, 7) is 5.66. The normalized spacial score (nSPS) is 26.9. The Labute approximate surface area is 300 Å². The molecule has 52 heavy (non-hydrogen) atoms. The topological polar surface area (TPSA) is 221 Å². The Morgan fingerprint density at radius 3 is 1.67 bits per heavy atom. The second-order valence-corrected chi connectivity index (χ2v) is 16.8. The summed E-state index contributed by atoms with van der Waals surface area (Å²) in [7, 11) is -10.2. The highest BCUT2D eigenvalue weighted by atomic mass is 31.2. The standard InChI is InChI=1S/C34H40N4O12P2/c1-33(2)31(29(37-13-5-7-27(37)39)23-17-21(19-35)9-11-25(23)47-33)49-51(41,42)45-15-16-46-52(43,44)50-32-30(38-14-6-8-28(38)40)24-18-22(20-36)10-12-26(24)48-34(32,3)4/h9-12,17-18,29-32H,5-8,13-16H2,1-4H3,(H,41,42)(H,43,44)/p-1/t29-,30-,31+,32+/m1/s1. The summed E-state index contributed by atoms with van der Waals surface area (Å²) in [5.74, 6) is 0.350. The molecule has 0 radical (unpaired) electrons. The largest absolute Gasteiger partial charge is 0.756 e. The number of carbonyl (C=O) groups excluding carboxylic acids is 2. The Balaban J connectivity index is 1.15. The molecule has 0 aromatic heterocycles. The zero-order chi connectivity index (χ0) is 37.6. The van der Waals surface area contributed by atoms with E-state index in [2.05, 4.69) is 6.07 Å². The number of rotatable bonds is 11. The van der Waals surface area contributed by atoms with Crippen LogP contribution >= 0.6 is 15.6 Å². The molecule has 2 saturated heterocycles. The number of ether oxygens (including phenoxy) is 2. The van der Waals surface area contributed by atoms with Crippen LogP contribution < -0.4 is 14.4 Å². The van der Waals surface area contributed by atoms with Gasteiger partial charge in [-0.3, -0.25) is 23.2 Å². The lowest BCUT2D eigenvalue weighted by Crippen LogP contribution is -2.55. The lowest BCUT2D eigenvalue weighted by molar-refractivity contribution is -0.240. The molecule has 2 unspecified atom stereocenters. The van der Waals surface area contributed by atoms with Crippen LogP contribution in [0.15, 0.2) is 36.4 Å². The van der Waals surface area contributed by atoms with Crippen molar-refractivity contribution >= 4 is 27.5 Å². The van der Waals surface area contributed by atoms with E-state index in [1.54, 1.807) is 58.0 Å². The minimum atomic E-state index is -5.20. The molecule has 2 amide bonds. The lowest BCUT2D eigenvalue weighted by Gasteiger charge is -2.48. The predicted molar refractivity (Wildman–Crippen MR) is 178 cm³/mol. The number of likely N-dealkylation sites (tertiary alicyclic amines) is 2. The smallest absolute Gasteiger partial charge is 0.472 e. The van der Waals surface area contributed by atoms with Crippen LogP contribution in [0.3, 0.4) is 0 Å². The van der Waals surface area contributed by atoms with Crippen molar-refractivity contribution in [3.8, 4) is 23.6 Å². The zero-order valence-electron chi connectivity index (χ0n) is 29.1. The van der Waals surface area contributed by atoms with E-state index in [1.807, 2.05) is 6.07 Å². The Kier molecular flexibility index (Phi) is 10.4. The van der Waals surface area contributed by atoms with Gasteiger partial charge in [-0.05, 0) is 76.9 Å². The molecule has 6 rings (SSSR count). The molecule has 278 valence electrons. The molecule has 18 heteroatoms. The van der Waals surface area contributed by atoms with Crippen LogP contribution in [0, 0.1) is 22.7 Å². The third-order valence-corrected chi connectivity index (χ3v) is 11.6. The van der Waals surface area contributed by atoms with Crippen molar-refractivity contribution in [2.24, 2.45) is 0 Å². The molecule has 0 saturated carbocycles. The minimum absolute atomic E-state index is 0.199. The molecule has 16 nitrogen and oxygen atoms in total. The van der Waals surface area contributed by atoms with Gasteiger partial charge in [0.05, 0.1) is 48.6 Å². The van der Waals surface area contributed by atoms with Crippen LogP contribution in [0.2, 0.25) is 0 Å². The van der Waals surface area contributed by atoms with Crippen LogP contribution in [-0.2, 0) is 36.8 Å². The summed E-state index contributed by atoms with van der Waals surface area (Å²) >= 11 is 0. The summed E-state index contributed by atoms with van der Waals surface area (Å²) in [4.78, 5) is 53.0. The fraction of sp³-hybridized carbons (Fsp3) is 0.529. The fourth-order valence-corrected chi connectivity index (χ4v) is 9.29. The van der Waals surface area contributed by atoms with Gasteiger partial charge >= 0.3 is 7.82 Å². The van der Waals surface area contributed by atoms with Gasteiger partial charge < -0.3 is 38.1 Å². The summed E-state index contributed by atoms with van der Waals surface area (Å²) in [6.07, 6.45) is -0.899. The van der Waals surface area contributed by atoms with Gasteiger partial charge in [-0.2, -0.15) is 10.5 Å². The number of fused-ring (bicyclic) bond motifs is 2. The SMILES string of the molecule is CC1(C)Oc2ccc(C#N)cc2[C@@H](N2CCCC2=O)[C@@H]1OP(=O)([O-])OCCOP(=O)(O)O[C@H]1[C@H](N2CCCC2=O)c2cc(C#N)ccc2OC1(C)C. The van der Waals surface area contributed by atoms with Crippen molar-refractivity contribution in [1.82, 2.24) is 9.80 Å². The van der Waals surface area contributed by atoms with Gasteiger partial charge in [0.25, 0.3) is 7.82 Å². The number of amides is 2. The second-order valence-electron chi connectivity index (χ2n) is 14.0. The summed E-state index contributed by atoms with van der Waals surface area (Å²) in [6, 6.07) is 11.7. The molecular formula is C34H39N4O12P2-. The molecule has 6 atom stereocenters. The average molecular weight is 758 g/mol. The van der Waals surface area contributed by atoms with Gasteiger partial charge in [-0.25, -0.2) is 4.57 Å². The highest BCUT2D eigenvalue weighted by Crippen LogP contribution is 2.55. The zero-order valence-corrected chi connectivity index (χ0v) is 30.8. The van der Waals surface area contributed by atoms with Crippen LogP contribution in [0.1, 0.15) is 87.7 Å². The van der Waals surface area contributed by atoms with E-state index in [-0.39, 0.29) is 30.2 Å². The number of phosphoric acid groups is 2. The van der Waals surface area contributed by atoms with E-state index in [4.69, 9.17) is 27.6 Å².